The van der Waals surface area contributed by atoms with Crippen LogP contribution < -0.4 is 11.1 Å². The molecule has 2 rings (SSSR count). The van der Waals surface area contributed by atoms with Crippen molar-refractivity contribution in [1.82, 2.24) is 10.2 Å². The molecule has 17 heavy (non-hydrogen) atoms. The molecule has 0 amide bonds. The molecule has 0 bridgehead atoms. The molecule has 0 atom stereocenters. The molecule has 0 aliphatic rings. The largest absolute Gasteiger partial charge is 0.383 e. The van der Waals surface area contributed by atoms with Crippen LogP contribution in [-0.4, -0.2) is 25.7 Å². The molecule has 7 heteroatoms. The van der Waals surface area contributed by atoms with Crippen molar-refractivity contribution in [2.75, 3.05) is 18.1 Å². The van der Waals surface area contributed by atoms with E-state index in [-0.39, 0.29) is 21.4 Å². The molecule has 0 saturated heterocycles. The van der Waals surface area contributed by atoms with Gasteiger partial charge in [0.15, 0.2) is 10.7 Å². The third kappa shape index (κ3) is 1.84. The molecular weight excluding hydrogens is 240 g/mol. The summed E-state index contributed by atoms with van der Waals surface area (Å²) in [6.07, 6.45) is 0. The highest BCUT2D eigenvalue weighted by molar-refractivity contribution is 7.91. The lowest BCUT2D eigenvalue weighted by atomic mass is 10.4. The topological polar surface area (TPSA) is 101 Å². The van der Waals surface area contributed by atoms with Gasteiger partial charge in [-0.25, -0.2) is 8.42 Å². The number of aromatic nitrogens is 2. The van der Waals surface area contributed by atoms with Crippen molar-refractivity contribution < 1.29 is 8.42 Å². The number of nitrogens with two attached hydrogens (primary N) is 1. The van der Waals surface area contributed by atoms with Crippen molar-refractivity contribution in [3.63, 3.8) is 0 Å². The van der Waals surface area contributed by atoms with Crippen molar-refractivity contribution in [3.8, 4) is 0 Å². The van der Waals surface area contributed by atoms with E-state index in [2.05, 4.69) is 15.5 Å². The van der Waals surface area contributed by atoms with E-state index in [9.17, 15) is 8.42 Å². The van der Waals surface area contributed by atoms with Gasteiger partial charge in [-0.3, -0.25) is 5.10 Å². The normalized spacial score (nSPS) is 11.4. The summed E-state index contributed by atoms with van der Waals surface area (Å²) < 4.78 is 24.6. The van der Waals surface area contributed by atoms with Crippen molar-refractivity contribution >= 4 is 21.5 Å². The number of hydrogen-bond donors (Lipinski definition) is 3. The third-order valence-corrected chi connectivity index (χ3v) is 4.15. The molecule has 4 N–H and O–H groups in total. The average Bonchev–Trinajstić information content (AvgIpc) is 2.72. The molecule has 1 aromatic heterocycles. The van der Waals surface area contributed by atoms with E-state index < -0.39 is 9.84 Å². The van der Waals surface area contributed by atoms with Gasteiger partial charge in [0.2, 0.25) is 9.84 Å². The monoisotopic (exact) mass is 252 g/mol. The van der Waals surface area contributed by atoms with Crippen LogP contribution in [0.3, 0.4) is 0 Å². The van der Waals surface area contributed by atoms with Crippen LogP contribution in [0.25, 0.3) is 0 Å². The predicted octanol–water partition coefficient (Wildman–Crippen LogP) is 0.866. The van der Waals surface area contributed by atoms with Crippen molar-refractivity contribution in [2.24, 2.45) is 0 Å². The summed E-state index contributed by atoms with van der Waals surface area (Å²) in [5, 5.41) is 8.93. The zero-order valence-corrected chi connectivity index (χ0v) is 9.95. The van der Waals surface area contributed by atoms with E-state index in [1.54, 1.807) is 25.2 Å². The maximum Gasteiger partial charge on any atom is 0.213 e. The Morgan fingerprint density at radius 3 is 2.53 bits per heavy atom. The molecule has 0 saturated carbocycles. The fourth-order valence-corrected chi connectivity index (χ4v) is 2.99. The molecule has 0 unspecified atom stereocenters. The van der Waals surface area contributed by atoms with Gasteiger partial charge in [0.1, 0.15) is 5.82 Å². The van der Waals surface area contributed by atoms with Gasteiger partial charge in [0.05, 0.1) is 4.90 Å². The second-order valence-electron chi connectivity index (χ2n) is 3.38. The number of hydrogen-bond acceptors (Lipinski definition) is 5. The van der Waals surface area contributed by atoms with Gasteiger partial charge in [0.25, 0.3) is 0 Å². The SMILES string of the molecule is CNc1n[nH]c(N)c1S(=O)(=O)c1ccccc1. The minimum Gasteiger partial charge on any atom is -0.383 e. The predicted molar refractivity (Wildman–Crippen MR) is 64.4 cm³/mol. The van der Waals surface area contributed by atoms with Crippen LogP contribution in [0.5, 0.6) is 0 Å². The lowest BCUT2D eigenvalue weighted by Crippen LogP contribution is -2.06. The highest BCUT2D eigenvalue weighted by Crippen LogP contribution is 2.30. The minimum atomic E-state index is -3.65. The van der Waals surface area contributed by atoms with Gasteiger partial charge in [-0.1, -0.05) is 18.2 Å². The first-order valence-corrected chi connectivity index (χ1v) is 6.37. The third-order valence-electron chi connectivity index (χ3n) is 2.31. The Bertz CT molecular complexity index is 619. The molecule has 1 heterocycles. The molecule has 0 aliphatic carbocycles. The van der Waals surface area contributed by atoms with Gasteiger partial charge >= 0.3 is 0 Å². The molecule has 0 aliphatic heterocycles. The molecule has 1 aromatic carbocycles. The molecule has 2 aromatic rings. The number of rotatable bonds is 3. The van der Waals surface area contributed by atoms with Crippen molar-refractivity contribution in [1.29, 1.82) is 0 Å². The molecule has 0 radical (unpaired) electrons. The van der Waals surface area contributed by atoms with Crippen LogP contribution in [0.4, 0.5) is 11.6 Å². The van der Waals surface area contributed by atoms with Gasteiger partial charge < -0.3 is 11.1 Å². The minimum absolute atomic E-state index is 0.0220. The Kier molecular flexibility index (Phi) is 2.76. The Labute approximate surface area is 98.8 Å². The van der Waals surface area contributed by atoms with E-state index in [0.29, 0.717) is 0 Å². The lowest BCUT2D eigenvalue weighted by Gasteiger charge is -2.05. The number of nitrogens with one attached hydrogen (secondary N) is 2. The summed E-state index contributed by atoms with van der Waals surface area (Å²) in [5.74, 6) is 0.240. The Hall–Kier alpha value is -2.02. The maximum absolute atomic E-state index is 12.3. The van der Waals surface area contributed by atoms with Gasteiger partial charge in [-0.05, 0) is 12.1 Å². The lowest BCUT2D eigenvalue weighted by molar-refractivity contribution is 0.597. The fraction of sp³-hybridized carbons (Fsp3) is 0.100. The summed E-state index contributed by atoms with van der Waals surface area (Å²) in [5.41, 5.74) is 5.60. The summed E-state index contributed by atoms with van der Waals surface area (Å²) in [6, 6.07) is 8.09. The number of nitrogen functional groups attached to an aromatic ring is 1. The molecular formula is C10H12N4O2S. The van der Waals surface area contributed by atoms with Gasteiger partial charge in [-0.15, -0.1) is 0 Å². The fourth-order valence-electron chi connectivity index (χ4n) is 1.50. The second kappa shape index (κ2) is 4.10. The number of benzene rings is 1. The van der Waals surface area contributed by atoms with Crippen LogP contribution in [0.1, 0.15) is 0 Å². The number of sulfone groups is 1. The molecule has 0 spiro atoms. The van der Waals surface area contributed by atoms with Crippen LogP contribution in [0.2, 0.25) is 0 Å². The van der Waals surface area contributed by atoms with Crippen LogP contribution in [-0.2, 0) is 9.84 Å². The second-order valence-corrected chi connectivity index (χ2v) is 5.27. The van der Waals surface area contributed by atoms with E-state index in [1.807, 2.05) is 0 Å². The summed E-state index contributed by atoms with van der Waals surface area (Å²) in [7, 11) is -2.07. The highest BCUT2D eigenvalue weighted by Gasteiger charge is 2.26. The van der Waals surface area contributed by atoms with Crippen LogP contribution in [0, 0.1) is 0 Å². The standard InChI is InChI=1S/C10H12N4O2S/c1-12-10-8(9(11)13-14-10)17(15,16)7-5-3-2-4-6-7/h2-6H,1H3,(H4,11,12,13,14). The summed E-state index contributed by atoms with van der Waals surface area (Å²) in [6.45, 7) is 0. The van der Waals surface area contributed by atoms with E-state index >= 15 is 0 Å². The van der Waals surface area contributed by atoms with E-state index in [0.717, 1.165) is 0 Å². The average molecular weight is 252 g/mol. The Morgan fingerprint density at radius 1 is 1.29 bits per heavy atom. The van der Waals surface area contributed by atoms with E-state index in [1.165, 1.54) is 12.1 Å². The number of H-pyrrole nitrogens is 1. The first-order valence-electron chi connectivity index (χ1n) is 4.89. The Morgan fingerprint density at radius 2 is 1.94 bits per heavy atom. The van der Waals surface area contributed by atoms with Crippen LogP contribution >= 0.6 is 0 Å². The highest BCUT2D eigenvalue weighted by atomic mass is 32.2. The molecule has 0 fully saturated rings. The van der Waals surface area contributed by atoms with Crippen molar-refractivity contribution in [3.05, 3.63) is 30.3 Å². The summed E-state index contributed by atoms with van der Waals surface area (Å²) >= 11 is 0. The zero-order valence-electron chi connectivity index (χ0n) is 9.14. The van der Waals surface area contributed by atoms with Gasteiger partial charge in [-0.2, -0.15) is 5.10 Å². The number of aromatic amines is 1. The van der Waals surface area contributed by atoms with Gasteiger partial charge in [0, 0.05) is 7.05 Å². The quantitative estimate of drug-likeness (QED) is 0.752. The maximum atomic E-state index is 12.3. The first kappa shape index (κ1) is 11.5. The smallest absolute Gasteiger partial charge is 0.213 e. The number of nitrogens with zero attached hydrogens (tertiary/aromatic N) is 1. The van der Waals surface area contributed by atoms with Crippen molar-refractivity contribution in [2.45, 2.75) is 9.79 Å². The zero-order chi connectivity index (χ0) is 12.5. The molecule has 90 valence electrons. The van der Waals surface area contributed by atoms with Crippen LogP contribution in [0.15, 0.2) is 40.1 Å². The number of anilines is 2. The Balaban J connectivity index is 2.64. The molecule has 6 nitrogen and oxygen atoms in total. The van der Waals surface area contributed by atoms with E-state index in [4.69, 9.17) is 5.73 Å². The summed E-state index contributed by atoms with van der Waals surface area (Å²) in [4.78, 5) is 0.163. The first-order chi connectivity index (χ1) is 8.07.